The second-order valence-corrected chi connectivity index (χ2v) is 4.18. The second kappa shape index (κ2) is 6.70. The van der Waals surface area contributed by atoms with Crippen LogP contribution < -0.4 is 4.74 Å². The van der Waals surface area contributed by atoms with Crippen LogP contribution in [0.4, 0.5) is 0 Å². The summed E-state index contributed by atoms with van der Waals surface area (Å²) >= 11 is 0. The minimum absolute atomic E-state index is 0.0905. The molecule has 0 amide bonds. The van der Waals surface area contributed by atoms with Crippen molar-refractivity contribution in [1.82, 2.24) is 10.2 Å². The van der Waals surface area contributed by atoms with E-state index in [9.17, 15) is 4.79 Å². The van der Waals surface area contributed by atoms with E-state index >= 15 is 0 Å². The molecule has 106 valence electrons. The van der Waals surface area contributed by atoms with Gasteiger partial charge in [-0.3, -0.25) is 4.79 Å². The van der Waals surface area contributed by atoms with Crippen LogP contribution in [0.25, 0.3) is 11.5 Å². The molecule has 6 nitrogen and oxygen atoms in total. The Morgan fingerprint density at radius 3 is 2.90 bits per heavy atom. The highest BCUT2D eigenvalue weighted by atomic mass is 16.5. The number of benzene rings is 1. The van der Waals surface area contributed by atoms with Crippen LogP contribution in [0.1, 0.15) is 25.7 Å². The third-order valence-electron chi connectivity index (χ3n) is 2.67. The molecule has 0 atom stereocenters. The van der Waals surface area contributed by atoms with E-state index in [0.29, 0.717) is 37.0 Å². The van der Waals surface area contributed by atoms with Crippen molar-refractivity contribution >= 4 is 5.97 Å². The minimum Gasteiger partial charge on any atom is -0.493 e. The number of ether oxygens (including phenoxy) is 1. The molecule has 0 radical (unpaired) electrons. The first-order chi connectivity index (χ1) is 9.70. The van der Waals surface area contributed by atoms with E-state index in [1.54, 1.807) is 0 Å². The molecule has 1 heterocycles. The number of hydrogen-bond donors (Lipinski definition) is 1. The predicted octanol–water partition coefficient (Wildman–Crippen LogP) is 2.54. The number of aryl methyl sites for hydroxylation is 1. The van der Waals surface area contributed by atoms with Crippen LogP contribution in [0, 0.1) is 0 Å². The van der Waals surface area contributed by atoms with E-state index in [1.807, 2.05) is 31.2 Å². The Morgan fingerprint density at radius 1 is 1.35 bits per heavy atom. The number of carboxylic acid groups (broad SMARTS) is 1. The van der Waals surface area contributed by atoms with E-state index < -0.39 is 5.97 Å². The molecule has 0 aliphatic rings. The molecular weight excluding hydrogens is 260 g/mol. The molecule has 0 aliphatic heterocycles. The number of nitrogens with zero attached hydrogens (tertiary/aromatic N) is 2. The summed E-state index contributed by atoms with van der Waals surface area (Å²) < 4.78 is 11.1. The fourth-order valence-corrected chi connectivity index (χ4v) is 1.78. The lowest BCUT2D eigenvalue weighted by Gasteiger charge is -2.06. The Balaban J connectivity index is 2.10. The van der Waals surface area contributed by atoms with Crippen LogP contribution in [0.15, 0.2) is 28.7 Å². The minimum atomic E-state index is -0.827. The quantitative estimate of drug-likeness (QED) is 0.836. The van der Waals surface area contributed by atoms with Crippen molar-refractivity contribution in [1.29, 1.82) is 0 Å². The summed E-state index contributed by atoms with van der Waals surface area (Å²) in [5.74, 6) is 0.689. The molecule has 0 fully saturated rings. The summed E-state index contributed by atoms with van der Waals surface area (Å²) in [5, 5.41) is 16.5. The van der Waals surface area contributed by atoms with Gasteiger partial charge < -0.3 is 14.3 Å². The summed E-state index contributed by atoms with van der Waals surface area (Å²) in [6.45, 7) is 2.46. The fourth-order valence-electron chi connectivity index (χ4n) is 1.78. The summed E-state index contributed by atoms with van der Waals surface area (Å²) in [6.07, 6.45) is 1.02. The zero-order chi connectivity index (χ0) is 14.4. The molecule has 2 aromatic rings. The first-order valence-electron chi connectivity index (χ1n) is 6.47. The molecule has 0 spiro atoms. The summed E-state index contributed by atoms with van der Waals surface area (Å²) in [4.78, 5) is 10.4. The van der Waals surface area contributed by atoms with Crippen molar-refractivity contribution in [2.75, 3.05) is 6.61 Å². The Labute approximate surface area is 116 Å². The Hall–Kier alpha value is -2.37. The maximum atomic E-state index is 10.4. The lowest BCUT2D eigenvalue weighted by Crippen LogP contribution is -1.95. The Morgan fingerprint density at radius 2 is 2.15 bits per heavy atom. The number of para-hydroxylation sites is 1. The third-order valence-corrected chi connectivity index (χ3v) is 2.67. The van der Waals surface area contributed by atoms with Crippen LogP contribution >= 0.6 is 0 Å². The van der Waals surface area contributed by atoms with Crippen molar-refractivity contribution < 1.29 is 19.1 Å². The number of aliphatic carboxylic acids is 1. The van der Waals surface area contributed by atoms with Crippen LogP contribution in [-0.2, 0) is 11.2 Å². The van der Waals surface area contributed by atoms with Gasteiger partial charge in [-0.2, -0.15) is 0 Å². The first-order valence-corrected chi connectivity index (χ1v) is 6.47. The number of aromatic nitrogens is 2. The fraction of sp³-hybridized carbons (Fsp3) is 0.357. The molecule has 20 heavy (non-hydrogen) atoms. The van der Waals surface area contributed by atoms with Gasteiger partial charge in [0.2, 0.25) is 5.89 Å². The Kier molecular flexibility index (Phi) is 4.70. The SMILES string of the molecule is CCOc1ccccc1-c1nnc(CCCC(=O)O)o1. The molecule has 0 bridgehead atoms. The second-order valence-electron chi connectivity index (χ2n) is 4.18. The Bertz CT molecular complexity index is 580. The van der Waals surface area contributed by atoms with Gasteiger partial charge in [-0.15, -0.1) is 10.2 Å². The lowest BCUT2D eigenvalue weighted by atomic mass is 10.2. The van der Waals surface area contributed by atoms with Gasteiger partial charge in [0.15, 0.2) is 0 Å². The smallest absolute Gasteiger partial charge is 0.303 e. The molecule has 0 saturated heterocycles. The highest BCUT2D eigenvalue weighted by Crippen LogP contribution is 2.28. The zero-order valence-electron chi connectivity index (χ0n) is 11.2. The van der Waals surface area contributed by atoms with E-state index in [-0.39, 0.29) is 6.42 Å². The molecule has 0 aliphatic carbocycles. The molecule has 0 unspecified atom stereocenters. The molecule has 6 heteroatoms. The van der Waals surface area contributed by atoms with E-state index in [0.717, 1.165) is 5.56 Å². The van der Waals surface area contributed by atoms with E-state index in [2.05, 4.69) is 10.2 Å². The number of carboxylic acids is 1. The molecule has 1 aromatic carbocycles. The zero-order valence-corrected chi connectivity index (χ0v) is 11.2. The van der Waals surface area contributed by atoms with Gasteiger partial charge in [0.05, 0.1) is 12.2 Å². The average molecular weight is 276 g/mol. The summed E-state index contributed by atoms with van der Waals surface area (Å²) in [6, 6.07) is 7.43. The molecule has 1 aromatic heterocycles. The van der Waals surface area contributed by atoms with E-state index in [4.69, 9.17) is 14.3 Å². The average Bonchev–Trinajstić information content (AvgIpc) is 2.88. The topological polar surface area (TPSA) is 85.5 Å². The monoisotopic (exact) mass is 276 g/mol. The van der Waals surface area contributed by atoms with Gasteiger partial charge in [-0.25, -0.2) is 0 Å². The predicted molar refractivity (Wildman–Crippen MR) is 71.5 cm³/mol. The maximum Gasteiger partial charge on any atom is 0.303 e. The maximum absolute atomic E-state index is 10.4. The standard InChI is InChI=1S/C14H16N2O4/c1-2-19-11-7-4-3-6-10(11)14-16-15-12(20-14)8-5-9-13(17)18/h3-4,6-7H,2,5,8-9H2,1H3,(H,17,18). The van der Waals surface area contributed by atoms with Crippen molar-refractivity contribution in [2.45, 2.75) is 26.2 Å². The van der Waals surface area contributed by atoms with Gasteiger partial charge in [-0.1, -0.05) is 12.1 Å². The summed E-state index contributed by atoms with van der Waals surface area (Å²) in [7, 11) is 0. The van der Waals surface area contributed by atoms with Gasteiger partial charge in [0, 0.05) is 12.8 Å². The molecule has 1 N–H and O–H groups in total. The van der Waals surface area contributed by atoms with Gasteiger partial charge in [0.1, 0.15) is 5.75 Å². The molecule has 0 saturated carbocycles. The van der Waals surface area contributed by atoms with Crippen molar-refractivity contribution in [3.8, 4) is 17.2 Å². The van der Waals surface area contributed by atoms with Crippen molar-refractivity contribution in [2.24, 2.45) is 0 Å². The van der Waals surface area contributed by atoms with Gasteiger partial charge >= 0.3 is 5.97 Å². The number of carbonyl (C=O) groups is 1. The third kappa shape index (κ3) is 3.57. The number of rotatable bonds is 7. The first kappa shape index (κ1) is 14.0. The lowest BCUT2D eigenvalue weighted by molar-refractivity contribution is -0.137. The normalized spacial score (nSPS) is 10.4. The van der Waals surface area contributed by atoms with Crippen LogP contribution in [-0.4, -0.2) is 27.9 Å². The van der Waals surface area contributed by atoms with Crippen molar-refractivity contribution in [3.05, 3.63) is 30.2 Å². The summed E-state index contributed by atoms with van der Waals surface area (Å²) in [5.41, 5.74) is 0.742. The highest BCUT2D eigenvalue weighted by molar-refractivity contribution is 5.66. The van der Waals surface area contributed by atoms with Crippen LogP contribution in [0.5, 0.6) is 5.75 Å². The van der Waals surface area contributed by atoms with Gasteiger partial charge in [0.25, 0.3) is 5.89 Å². The van der Waals surface area contributed by atoms with Crippen LogP contribution in [0.2, 0.25) is 0 Å². The van der Waals surface area contributed by atoms with Gasteiger partial charge in [-0.05, 0) is 25.5 Å². The molecular formula is C14H16N2O4. The van der Waals surface area contributed by atoms with Crippen LogP contribution in [0.3, 0.4) is 0 Å². The molecule has 2 rings (SSSR count). The van der Waals surface area contributed by atoms with Crippen molar-refractivity contribution in [3.63, 3.8) is 0 Å². The van der Waals surface area contributed by atoms with E-state index in [1.165, 1.54) is 0 Å². The highest BCUT2D eigenvalue weighted by Gasteiger charge is 2.13. The largest absolute Gasteiger partial charge is 0.493 e. The number of hydrogen-bond acceptors (Lipinski definition) is 5.